The quantitative estimate of drug-likeness (QED) is 0.916. The minimum Gasteiger partial charge on any atom is -0.327 e. The van der Waals surface area contributed by atoms with Crippen molar-refractivity contribution in [3.05, 3.63) is 35.6 Å². The smallest absolute Gasteiger partial charge is 0.243 e. The Morgan fingerprint density at radius 2 is 2.14 bits per heavy atom. The number of piperidine rings is 1. The van der Waals surface area contributed by atoms with Gasteiger partial charge in [0, 0.05) is 42.3 Å². The van der Waals surface area contributed by atoms with Crippen LogP contribution in [0.3, 0.4) is 0 Å². The molecule has 2 aromatic rings. The van der Waals surface area contributed by atoms with Gasteiger partial charge in [0.2, 0.25) is 10.0 Å². The second-order valence-corrected chi connectivity index (χ2v) is 7.55. The molecular formula is C14H16ClN3O2S. The number of benzene rings is 1. The fourth-order valence-electron chi connectivity index (χ4n) is 2.71. The van der Waals surface area contributed by atoms with Crippen molar-refractivity contribution in [3.63, 3.8) is 0 Å². The third-order valence-electron chi connectivity index (χ3n) is 3.74. The van der Waals surface area contributed by atoms with Crippen LogP contribution in [0.25, 0.3) is 10.8 Å². The minimum absolute atomic E-state index is 0.111. The normalized spacial score (nSPS) is 20.8. The molecule has 112 valence electrons. The van der Waals surface area contributed by atoms with Gasteiger partial charge in [0.05, 0.1) is 9.92 Å². The highest BCUT2D eigenvalue weighted by Crippen LogP contribution is 2.31. The lowest BCUT2D eigenvalue weighted by Gasteiger charge is -2.30. The number of nitrogens with zero attached hydrogens (tertiary/aromatic N) is 2. The van der Waals surface area contributed by atoms with Gasteiger partial charge in [-0.15, -0.1) is 0 Å². The van der Waals surface area contributed by atoms with Gasteiger partial charge in [-0.2, -0.15) is 4.31 Å². The molecule has 3 rings (SSSR count). The maximum atomic E-state index is 12.9. The monoisotopic (exact) mass is 325 g/mol. The van der Waals surface area contributed by atoms with E-state index in [0.717, 1.165) is 12.8 Å². The summed E-state index contributed by atoms with van der Waals surface area (Å²) in [6.45, 7) is 0.844. The largest absolute Gasteiger partial charge is 0.327 e. The molecular weight excluding hydrogens is 310 g/mol. The highest BCUT2D eigenvalue weighted by molar-refractivity contribution is 7.89. The van der Waals surface area contributed by atoms with Gasteiger partial charge in [0.25, 0.3) is 0 Å². The molecule has 2 heterocycles. The predicted molar refractivity (Wildman–Crippen MR) is 82.7 cm³/mol. The Kier molecular flexibility index (Phi) is 3.88. The van der Waals surface area contributed by atoms with Gasteiger partial charge in [0.1, 0.15) is 0 Å². The van der Waals surface area contributed by atoms with Crippen LogP contribution in [-0.2, 0) is 10.0 Å². The summed E-state index contributed by atoms with van der Waals surface area (Å²) in [6, 6.07) is 4.98. The van der Waals surface area contributed by atoms with E-state index in [2.05, 4.69) is 4.98 Å². The van der Waals surface area contributed by atoms with Crippen LogP contribution in [0, 0.1) is 0 Å². The van der Waals surface area contributed by atoms with Gasteiger partial charge in [0.15, 0.2) is 0 Å². The van der Waals surface area contributed by atoms with E-state index in [0.29, 0.717) is 28.9 Å². The van der Waals surface area contributed by atoms with Crippen LogP contribution < -0.4 is 5.73 Å². The number of hydrogen-bond donors (Lipinski definition) is 1. The third-order valence-corrected chi connectivity index (χ3v) is 5.93. The molecule has 1 aromatic heterocycles. The summed E-state index contributed by atoms with van der Waals surface area (Å²) >= 11 is 6.17. The van der Waals surface area contributed by atoms with E-state index >= 15 is 0 Å². The molecule has 0 saturated carbocycles. The van der Waals surface area contributed by atoms with E-state index in [9.17, 15) is 8.42 Å². The van der Waals surface area contributed by atoms with Crippen LogP contribution in [0.1, 0.15) is 12.8 Å². The van der Waals surface area contributed by atoms with Crippen molar-refractivity contribution in [2.45, 2.75) is 23.8 Å². The first-order valence-electron chi connectivity index (χ1n) is 6.78. The highest BCUT2D eigenvalue weighted by atomic mass is 35.5. The fraction of sp³-hybridized carbons (Fsp3) is 0.357. The molecule has 1 atom stereocenters. The van der Waals surface area contributed by atoms with Crippen LogP contribution in [0.4, 0.5) is 0 Å². The summed E-state index contributed by atoms with van der Waals surface area (Å²) in [5, 5.41) is 1.58. The summed E-state index contributed by atoms with van der Waals surface area (Å²) in [5.41, 5.74) is 5.90. The molecule has 7 heteroatoms. The van der Waals surface area contributed by atoms with Crippen molar-refractivity contribution in [3.8, 4) is 0 Å². The zero-order valence-corrected chi connectivity index (χ0v) is 12.9. The molecule has 2 N–H and O–H groups in total. The minimum atomic E-state index is -3.60. The van der Waals surface area contributed by atoms with E-state index in [-0.39, 0.29) is 10.9 Å². The summed E-state index contributed by atoms with van der Waals surface area (Å²) in [4.78, 5) is 4.22. The van der Waals surface area contributed by atoms with E-state index in [1.54, 1.807) is 24.4 Å². The average Bonchev–Trinajstić information content (AvgIpc) is 2.47. The number of aromatic nitrogens is 1. The molecule has 0 aliphatic carbocycles. The first-order chi connectivity index (χ1) is 10.00. The maximum absolute atomic E-state index is 12.9. The lowest BCUT2D eigenvalue weighted by Crippen LogP contribution is -2.45. The van der Waals surface area contributed by atoms with Crippen molar-refractivity contribution < 1.29 is 8.42 Å². The van der Waals surface area contributed by atoms with E-state index in [1.165, 1.54) is 10.5 Å². The van der Waals surface area contributed by atoms with Crippen LogP contribution >= 0.6 is 11.6 Å². The van der Waals surface area contributed by atoms with Crippen molar-refractivity contribution in [1.82, 2.24) is 9.29 Å². The number of sulfonamides is 1. The van der Waals surface area contributed by atoms with Crippen molar-refractivity contribution in [2.24, 2.45) is 5.73 Å². The number of hydrogen-bond acceptors (Lipinski definition) is 4. The van der Waals surface area contributed by atoms with Crippen LogP contribution in [0.5, 0.6) is 0 Å². The molecule has 1 fully saturated rings. The van der Waals surface area contributed by atoms with E-state index in [4.69, 9.17) is 17.3 Å². The number of halogens is 1. The summed E-state index contributed by atoms with van der Waals surface area (Å²) in [5.74, 6) is 0. The Hall–Kier alpha value is -1.21. The molecule has 0 amide bonds. The number of fused-ring (bicyclic) bond motifs is 1. The molecule has 0 unspecified atom stereocenters. The summed E-state index contributed by atoms with van der Waals surface area (Å²) in [7, 11) is -3.60. The predicted octanol–water partition coefficient (Wildman–Crippen LogP) is 2.00. The first-order valence-corrected chi connectivity index (χ1v) is 8.60. The fourth-order valence-corrected chi connectivity index (χ4v) is 4.80. The average molecular weight is 326 g/mol. The molecule has 0 radical (unpaired) electrons. The van der Waals surface area contributed by atoms with Gasteiger partial charge in [-0.05, 0) is 18.9 Å². The van der Waals surface area contributed by atoms with Crippen LogP contribution in [-0.4, -0.2) is 36.8 Å². The second kappa shape index (κ2) is 5.53. The van der Waals surface area contributed by atoms with Gasteiger partial charge in [-0.3, -0.25) is 4.98 Å². The summed E-state index contributed by atoms with van der Waals surface area (Å²) < 4.78 is 27.2. The van der Waals surface area contributed by atoms with Crippen molar-refractivity contribution >= 4 is 32.4 Å². The highest BCUT2D eigenvalue weighted by Gasteiger charge is 2.30. The Bertz CT molecular complexity index is 774. The Morgan fingerprint density at radius 3 is 2.90 bits per heavy atom. The molecule has 1 aromatic carbocycles. The third kappa shape index (κ3) is 2.64. The Morgan fingerprint density at radius 1 is 1.33 bits per heavy atom. The topological polar surface area (TPSA) is 76.3 Å². The molecule has 1 saturated heterocycles. The molecule has 1 aliphatic rings. The Balaban J connectivity index is 2.15. The van der Waals surface area contributed by atoms with Gasteiger partial charge >= 0.3 is 0 Å². The molecule has 1 aliphatic heterocycles. The van der Waals surface area contributed by atoms with E-state index in [1.807, 2.05) is 0 Å². The lowest BCUT2D eigenvalue weighted by atomic mass is 10.1. The standard InChI is InChI=1S/C14H16ClN3O2S/c15-12-8-17-7-10-3-1-5-13(14(10)12)21(19,20)18-6-2-4-11(16)9-18/h1,3,5,7-8,11H,2,4,6,9,16H2/t11-/m0/s1. The first kappa shape index (κ1) is 14.7. The maximum Gasteiger partial charge on any atom is 0.243 e. The SMILES string of the molecule is N[C@H]1CCCN(S(=O)(=O)c2cccc3cncc(Cl)c23)C1. The van der Waals surface area contributed by atoms with Crippen molar-refractivity contribution in [2.75, 3.05) is 13.1 Å². The lowest BCUT2D eigenvalue weighted by molar-refractivity contribution is 0.316. The van der Waals surface area contributed by atoms with Gasteiger partial charge < -0.3 is 5.73 Å². The number of rotatable bonds is 2. The Labute approximate surface area is 128 Å². The second-order valence-electron chi connectivity index (χ2n) is 5.24. The zero-order valence-electron chi connectivity index (χ0n) is 11.4. The van der Waals surface area contributed by atoms with Crippen molar-refractivity contribution in [1.29, 1.82) is 0 Å². The van der Waals surface area contributed by atoms with Crippen LogP contribution in [0.2, 0.25) is 5.02 Å². The zero-order chi connectivity index (χ0) is 15.0. The summed E-state index contributed by atoms with van der Waals surface area (Å²) in [6.07, 6.45) is 4.71. The molecule has 5 nitrogen and oxygen atoms in total. The van der Waals surface area contributed by atoms with Gasteiger partial charge in [-0.25, -0.2) is 8.42 Å². The van der Waals surface area contributed by atoms with Gasteiger partial charge in [-0.1, -0.05) is 23.7 Å². The number of pyridine rings is 1. The molecule has 0 spiro atoms. The number of nitrogens with two attached hydrogens (primary N) is 1. The van der Waals surface area contributed by atoms with E-state index < -0.39 is 10.0 Å². The molecule has 21 heavy (non-hydrogen) atoms. The molecule has 0 bridgehead atoms. The van der Waals surface area contributed by atoms with Crippen LogP contribution in [0.15, 0.2) is 35.5 Å².